The van der Waals surface area contributed by atoms with Crippen molar-refractivity contribution in [3.8, 4) is 5.82 Å². The highest BCUT2D eigenvalue weighted by molar-refractivity contribution is 5.46. The molecule has 114 valence electrons. The van der Waals surface area contributed by atoms with E-state index in [1.807, 2.05) is 71.2 Å². The van der Waals surface area contributed by atoms with Crippen molar-refractivity contribution < 1.29 is 0 Å². The number of nitrogens with zero attached hydrogens (tertiary/aromatic N) is 5. The van der Waals surface area contributed by atoms with Gasteiger partial charge in [-0.1, -0.05) is 39.8 Å². The van der Waals surface area contributed by atoms with Crippen LogP contribution in [0.25, 0.3) is 5.82 Å². The SMILES string of the molecule is C=NN(/C=C\C)c1cccc(-n2cccn2)n1.CC.CC. The van der Waals surface area contributed by atoms with E-state index in [-0.39, 0.29) is 0 Å². The molecule has 2 heterocycles. The number of hydrazone groups is 1. The molecule has 0 bridgehead atoms. The smallest absolute Gasteiger partial charge is 0.155 e. The fourth-order valence-electron chi connectivity index (χ4n) is 1.41. The highest BCUT2D eigenvalue weighted by Crippen LogP contribution is 2.14. The van der Waals surface area contributed by atoms with Crippen molar-refractivity contribution in [2.45, 2.75) is 34.6 Å². The summed E-state index contributed by atoms with van der Waals surface area (Å²) in [7, 11) is 0. The number of pyridine rings is 1. The van der Waals surface area contributed by atoms with Crippen molar-refractivity contribution in [3.05, 3.63) is 48.9 Å². The second kappa shape index (κ2) is 11.4. The van der Waals surface area contributed by atoms with Gasteiger partial charge in [0.2, 0.25) is 0 Å². The van der Waals surface area contributed by atoms with Gasteiger partial charge in [0.25, 0.3) is 0 Å². The Morgan fingerprint density at radius 3 is 2.43 bits per heavy atom. The first-order valence-electron chi connectivity index (χ1n) is 7.21. The minimum Gasteiger partial charge on any atom is -0.224 e. The Kier molecular flexibility index (Phi) is 10.1. The number of hydrogen-bond donors (Lipinski definition) is 0. The summed E-state index contributed by atoms with van der Waals surface area (Å²) >= 11 is 0. The normalized spacial score (nSPS) is 9.19. The molecular weight excluding hydrogens is 262 g/mol. The van der Waals surface area contributed by atoms with Gasteiger partial charge in [-0.15, -0.1) is 0 Å². The third-order valence-corrected chi connectivity index (χ3v) is 2.14. The zero-order valence-corrected chi connectivity index (χ0v) is 13.6. The Bertz CT molecular complexity index is 517. The summed E-state index contributed by atoms with van der Waals surface area (Å²) in [6, 6.07) is 7.50. The lowest BCUT2D eigenvalue weighted by Gasteiger charge is -2.12. The first kappa shape index (κ1) is 18.6. The van der Waals surface area contributed by atoms with Crippen LogP contribution in [0.3, 0.4) is 0 Å². The third-order valence-electron chi connectivity index (χ3n) is 2.14. The van der Waals surface area contributed by atoms with E-state index >= 15 is 0 Å². The van der Waals surface area contributed by atoms with Crippen LogP contribution in [0.1, 0.15) is 34.6 Å². The molecule has 2 aromatic heterocycles. The summed E-state index contributed by atoms with van der Waals surface area (Å²) in [6.45, 7) is 13.4. The van der Waals surface area contributed by atoms with E-state index in [1.54, 1.807) is 22.1 Å². The molecular formula is C16H25N5. The summed E-state index contributed by atoms with van der Waals surface area (Å²) in [4.78, 5) is 4.45. The van der Waals surface area contributed by atoms with Crippen LogP contribution in [-0.4, -0.2) is 21.5 Å². The third kappa shape index (κ3) is 5.60. The van der Waals surface area contributed by atoms with Crippen LogP contribution < -0.4 is 5.01 Å². The maximum absolute atomic E-state index is 4.45. The quantitative estimate of drug-likeness (QED) is 0.623. The van der Waals surface area contributed by atoms with Crippen molar-refractivity contribution in [2.24, 2.45) is 5.10 Å². The van der Waals surface area contributed by atoms with Gasteiger partial charge in [0.05, 0.1) is 0 Å². The average Bonchev–Trinajstić information content (AvgIpc) is 3.11. The summed E-state index contributed by atoms with van der Waals surface area (Å²) in [5.41, 5.74) is 0. The van der Waals surface area contributed by atoms with E-state index in [4.69, 9.17) is 0 Å². The molecule has 0 fully saturated rings. The number of anilines is 1. The Labute approximate surface area is 127 Å². The molecule has 0 atom stereocenters. The molecule has 0 amide bonds. The lowest BCUT2D eigenvalue weighted by molar-refractivity contribution is 0.841. The van der Waals surface area contributed by atoms with Gasteiger partial charge < -0.3 is 0 Å². The predicted molar refractivity (Wildman–Crippen MR) is 90.9 cm³/mol. The van der Waals surface area contributed by atoms with Crippen LogP contribution in [0.2, 0.25) is 0 Å². The van der Waals surface area contributed by atoms with Crippen molar-refractivity contribution in [2.75, 3.05) is 5.01 Å². The molecule has 2 aromatic rings. The van der Waals surface area contributed by atoms with Crippen LogP contribution in [0.5, 0.6) is 0 Å². The van der Waals surface area contributed by atoms with E-state index in [2.05, 4.69) is 21.9 Å². The van der Waals surface area contributed by atoms with Gasteiger partial charge in [-0.2, -0.15) is 10.2 Å². The standard InChI is InChI=1S/C12H13N5.2C2H6/c1-3-9-16(13-2)11-6-4-7-12(15-11)17-10-5-8-14-17;2*1-2/h3-10H,2H2,1H3;2*1-2H3/b9-3-;;. The first-order chi connectivity index (χ1) is 10.3. The monoisotopic (exact) mass is 287 g/mol. The fourth-order valence-corrected chi connectivity index (χ4v) is 1.41. The largest absolute Gasteiger partial charge is 0.224 e. The summed E-state index contributed by atoms with van der Waals surface area (Å²) in [5.74, 6) is 1.44. The molecule has 0 saturated carbocycles. The molecule has 5 nitrogen and oxygen atoms in total. The van der Waals surface area contributed by atoms with Gasteiger partial charge in [-0.25, -0.2) is 14.7 Å². The molecule has 2 rings (SSSR count). The van der Waals surface area contributed by atoms with Gasteiger partial charge in [-0.05, 0) is 25.1 Å². The van der Waals surface area contributed by atoms with Crippen LogP contribution in [0.15, 0.2) is 54.0 Å². The molecule has 0 aliphatic carbocycles. The van der Waals surface area contributed by atoms with Crippen molar-refractivity contribution in [3.63, 3.8) is 0 Å². The molecule has 0 N–H and O–H groups in total. The van der Waals surface area contributed by atoms with E-state index in [0.717, 1.165) is 5.82 Å². The van der Waals surface area contributed by atoms with Gasteiger partial charge in [0, 0.05) is 25.3 Å². The Morgan fingerprint density at radius 2 is 1.90 bits per heavy atom. The number of rotatable bonds is 4. The maximum Gasteiger partial charge on any atom is 0.155 e. The predicted octanol–water partition coefficient (Wildman–Crippen LogP) is 4.28. The van der Waals surface area contributed by atoms with Gasteiger partial charge in [0.15, 0.2) is 11.6 Å². The van der Waals surface area contributed by atoms with Gasteiger partial charge in [-0.3, -0.25) is 0 Å². The van der Waals surface area contributed by atoms with Crippen LogP contribution in [0.4, 0.5) is 5.82 Å². The minimum absolute atomic E-state index is 0.700. The van der Waals surface area contributed by atoms with Gasteiger partial charge in [0.1, 0.15) is 0 Å². The Hall–Kier alpha value is -2.43. The topological polar surface area (TPSA) is 46.3 Å². The highest BCUT2D eigenvalue weighted by Gasteiger charge is 2.04. The average molecular weight is 287 g/mol. The molecule has 0 radical (unpaired) electrons. The van der Waals surface area contributed by atoms with Crippen molar-refractivity contribution in [1.82, 2.24) is 14.8 Å². The van der Waals surface area contributed by atoms with Crippen molar-refractivity contribution in [1.29, 1.82) is 0 Å². The van der Waals surface area contributed by atoms with E-state index in [0.29, 0.717) is 5.82 Å². The summed E-state index contributed by atoms with van der Waals surface area (Å²) in [5, 5.41) is 9.61. The number of hydrogen-bond acceptors (Lipinski definition) is 4. The molecule has 21 heavy (non-hydrogen) atoms. The minimum atomic E-state index is 0.700. The lowest BCUT2D eigenvalue weighted by Crippen LogP contribution is -2.09. The maximum atomic E-state index is 4.45. The molecule has 0 unspecified atom stereocenters. The summed E-state index contributed by atoms with van der Waals surface area (Å²) < 4.78 is 1.69. The first-order valence-corrected chi connectivity index (χ1v) is 7.21. The van der Waals surface area contributed by atoms with Crippen molar-refractivity contribution >= 4 is 12.5 Å². The Balaban J connectivity index is 0.000000921. The molecule has 0 spiro atoms. The number of allylic oxidation sites excluding steroid dienone is 1. The van der Waals surface area contributed by atoms with Crippen LogP contribution in [0, 0.1) is 0 Å². The van der Waals surface area contributed by atoms with Gasteiger partial charge >= 0.3 is 0 Å². The molecule has 0 saturated heterocycles. The molecule has 5 heteroatoms. The van der Waals surface area contributed by atoms with Crippen LogP contribution >= 0.6 is 0 Å². The fraction of sp³-hybridized carbons (Fsp3) is 0.312. The molecule has 0 aromatic carbocycles. The number of aromatic nitrogens is 3. The van der Waals surface area contributed by atoms with E-state index in [1.165, 1.54) is 0 Å². The molecule has 0 aliphatic rings. The molecule has 0 aliphatic heterocycles. The van der Waals surface area contributed by atoms with E-state index in [9.17, 15) is 0 Å². The zero-order chi connectivity index (χ0) is 16.1. The lowest BCUT2D eigenvalue weighted by atomic mass is 10.4. The summed E-state index contributed by atoms with van der Waals surface area (Å²) in [6.07, 6.45) is 7.22. The Morgan fingerprint density at radius 1 is 1.19 bits per heavy atom. The second-order valence-corrected chi connectivity index (χ2v) is 3.27. The highest BCUT2D eigenvalue weighted by atomic mass is 15.5. The second-order valence-electron chi connectivity index (χ2n) is 3.27. The zero-order valence-electron chi connectivity index (χ0n) is 13.6. The van der Waals surface area contributed by atoms with E-state index < -0.39 is 0 Å². The van der Waals surface area contributed by atoms with Crippen LogP contribution in [-0.2, 0) is 0 Å².